The summed E-state index contributed by atoms with van der Waals surface area (Å²) in [7, 11) is 0. The zero-order valence-corrected chi connectivity index (χ0v) is 16.8. The van der Waals surface area contributed by atoms with Gasteiger partial charge < -0.3 is 10.6 Å². The Balaban J connectivity index is 2.63. The average Bonchev–Trinajstić information content (AvgIpc) is 2.60. The Kier molecular flexibility index (Phi) is 6.95. The lowest BCUT2D eigenvalue weighted by atomic mass is 10.1. The number of nitrogens with one attached hydrogen (secondary N) is 1. The van der Waals surface area contributed by atoms with Crippen LogP contribution in [0, 0.1) is 5.82 Å². The van der Waals surface area contributed by atoms with Crippen LogP contribution in [0.25, 0.3) is 0 Å². The third-order valence-corrected chi connectivity index (χ3v) is 4.73. The molecule has 0 aliphatic carbocycles. The zero-order valence-electron chi connectivity index (χ0n) is 15.2. The van der Waals surface area contributed by atoms with E-state index in [1.807, 2.05) is 13.8 Å². The van der Waals surface area contributed by atoms with Crippen molar-refractivity contribution in [1.29, 1.82) is 0 Å². The van der Waals surface area contributed by atoms with Crippen molar-refractivity contribution in [3.63, 3.8) is 0 Å². The highest BCUT2D eigenvalue weighted by Gasteiger charge is 2.26. The number of carbonyl (C=O) groups excluding carboxylic acids is 1. The van der Waals surface area contributed by atoms with Gasteiger partial charge >= 0.3 is 5.69 Å². The predicted octanol–water partition coefficient (Wildman–Crippen LogP) is 2.88. The van der Waals surface area contributed by atoms with E-state index in [4.69, 9.17) is 5.73 Å². The van der Waals surface area contributed by atoms with Crippen LogP contribution in [-0.2, 0) is 6.54 Å². The number of hydrogen-bond donors (Lipinski definition) is 2. The smallest absolute Gasteiger partial charge is 0.330 e. The fourth-order valence-corrected chi connectivity index (χ4v) is 3.24. The highest BCUT2D eigenvalue weighted by atomic mass is 79.9. The molecule has 0 saturated heterocycles. The first kappa shape index (κ1) is 20.9. The molecule has 0 aliphatic rings. The zero-order chi connectivity index (χ0) is 20.1. The molecule has 1 heterocycles. The van der Waals surface area contributed by atoms with Gasteiger partial charge in [0, 0.05) is 17.6 Å². The summed E-state index contributed by atoms with van der Waals surface area (Å²) in [5.41, 5.74) is 4.88. The van der Waals surface area contributed by atoms with Crippen molar-refractivity contribution >= 4 is 33.3 Å². The van der Waals surface area contributed by atoms with Gasteiger partial charge in [-0.05, 0) is 47.0 Å². The number of unbranched alkanes of at least 4 members (excludes halogenated alkanes) is 1. The van der Waals surface area contributed by atoms with Gasteiger partial charge in [0.25, 0.3) is 11.5 Å². The molecular formula is C18H22BrFN4O3. The minimum Gasteiger partial charge on any atom is -0.383 e. The van der Waals surface area contributed by atoms with Gasteiger partial charge in [0.1, 0.15) is 11.6 Å². The maximum absolute atomic E-state index is 13.4. The summed E-state index contributed by atoms with van der Waals surface area (Å²) in [6.45, 7) is 4.36. The summed E-state index contributed by atoms with van der Waals surface area (Å²) in [4.78, 5) is 41.1. The molecule has 0 saturated carbocycles. The van der Waals surface area contributed by atoms with Gasteiger partial charge in [-0.3, -0.25) is 19.1 Å². The minimum atomic E-state index is -0.729. The number of H-pyrrole nitrogens is 1. The lowest BCUT2D eigenvalue weighted by molar-refractivity contribution is 0.0985. The number of aromatic amines is 1. The van der Waals surface area contributed by atoms with E-state index in [1.54, 1.807) is 0 Å². The lowest BCUT2D eigenvalue weighted by Crippen LogP contribution is -2.41. The molecule has 0 radical (unpaired) electrons. The molecule has 0 aliphatic heterocycles. The van der Waals surface area contributed by atoms with Crippen molar-refractivity contribution in [3.05, 3.63) is 54.9 Å². The van der Waals surface area contributed by atoms with Crippen molar-refractivity contribution in [2.75, 3.05) is 17.2 Å². The van der Waals surface area contributed by atoms with Gasteiger partial charge in [0.15, 0.2) is 5.69 Å². The summed E-state index contributed by atoms with van der Waals surface area (Å²) in [6, 6.07) is 3.69. The number of amides is 1. The van der Waals surface area contributed by atoms with Gasteiger partial charge in [-0.1, -0.05) is 20.3 Å². The van der Waals surface area contributed by atoms with Crippen LogP contribution in [0.1, 0.15) is 43.5 Å². The van der Waals surface area contributed by atoms with E-state index >= 15 is 0 Å². The minimum absolute atomic E-state index is 0.0618. The second-order valence-corrected chi connectivity index (χ2v) is 6.93. The van der Waals surface area contributed by atoms with Gasteiger partial charge in [-0.2, -0.15) is 0 Å². The van der Waals surface area contributed by atoms with Crippen molar-refractivity contribution < 1.29 is 9.18 Å². The molecule has 0 bridgehead atoms. The molecule has 7 nitrogen and oxygen atoms in total. The lowest BCUT2D eigenvalue weighted by Gasteiger charge is -2.25. The Hall–Kier alpha value is -2.42. The van der Waals surface area contributed by atoms with E-state index in [1.165, 1.54) is 27.7 Å². The Morgan fingerprint density at radius 3 is 2.59 bits per heavy atom. The third kappa shape index (κ3) is 4.47. The molecule has 1 aromatic carbocycles. The van der Waals surface area contributed by atoms with Gasteiger partial charge in [-0.25, -0.2) is 9.18 Å². The first-order valence-electron chi connectivity index (χ1n) is 8.71. The van der Waals surface area contributed by atoms with E-state index in [0.717, 1.165) is 6.42 Å². The maximum atomic E-state index is 13.4. The van der Waals surface area contributed by atoms with Crippen molar-refractivity contribution in [2.24, 2.45) is 0 Å². The Morgan fingerprint density at radius 2 is 2.00 bits per heavy atom. The predicted molar refractivity (Wildman–Crippen MR) is 107 cm³/mol. The molecule has 1 amide bonds. The molecule has 0 unspecified atom stereocenters. The first-order valence-corrected chi connectivity index (χ1v) is 9.50. The molecule has 2 rings (SSSR count). The number of aromatic nitrogens is 2. The Bertz CT molecular complexity index is 955. The number of benzene rings is 1. The molecule has 2 aromatic rings. The standard InChI is InChI=1S/C18H22BrFN4O3/c1-3-5-9-23(17(26)12-7-6-11(20)10-13(12)19)14-15(21)24(8-4-2)18(27)22-16(14)25/h6-7,10H,3-5,8-9,21H2,1-2H3,(H,22,25,27). The molecule has 3 N–H and O–H groups in total. The van der Waals surface area contributed by atoms with Crippen LogP contribution < -0.4 is 21.9 Å². The van der Waals surface area contributed by atoms with Crippen LogP contribution in [-0.4, -0.2) is 22.0 Å². The second-order valence-electron chi connectivity index (χ2n) is 6.08. The number of hydrogen-bond acceptors (Lipinski definition) is 4. The van der Waals surface area contributed by atoms with Crippen molar-refractivity contribution in [3.8, 4) is 0 Å². The molecule has 0 fully saturated rings. The van der Waals surface area contributed by atoms with Gasteiger partial charge in [-0.15, -0.1) is 0 Å². The number of nitrogen functional groups attached to an aromatic ring is 1. The van der Waals surface area contributed by atoms with Gasteiger partial charge in [0.05, 0.1) is 5.56 Å². The third-order valence-electron chi connectivity index (χ3n) is 4.07. The average molecular weight is 441 g/mol. The number of anilines is 2. The molecule has 1 aromatic heterocycles. The highest BCUT2D eigenvalue weighted by Crippen LogP contribution is 2.24. The number of halogens is 2. The summed E-state index contributed by atoms with van der Waals surface area (Å²) >= 11 is 3.18. The normalized spacial score (nSPS) is 10.8. The van der Waals surface area contributed by atoms with E-state index in [9.17, 15) is 18.8 Å². The molecular weight excluding hydrogens is 419 g/mol. The monoisotopic (exact) mass is 440 g/mol. The maximum Gasteiger partial charge on any atom is 0.330 e. The van der Waals surface area contributed by atoms with Crippen LogP contribution in [0.5, 0.6) is 0 Å². The number of nitrogens with zero attached hydrogens (tertiary/aromatic N) is 2. The molecule has 146 valence electrons. The van der Waals surface area contributed by atoms with Crippen LogP contribution in [0.3, 0.4) is 0 Å². The number of rotatable bonds is 7. The fourth-order valence-electron chi connectivity index (χ4n) is 2.72. The quantitative estimate of drug-likeness (QED) is 0.690. The second kappa shape index (κ2) is 8.98. The summed E-state index contributed by atoms with van der Waals surface area (Å²) < 4.78 is 14.9. The van der Waals surface area contributed by atoms with E-state index in [-0.39, 0.29) is 28.1 Å². The highest BCUT2D eigenvalue weighted by molar-refractivity contribution is 9.10. The number of nitrogens with two attached hydrogens (primary N) is 1. The summed E-state index contributed by atoms with van der Waals surface area (Å²) in [6.07, 6.45) is 2.03. The Labute approximate surface area is 164 Å². The Morgan fingerprint density at radius 1 is 1.30 bits per heavy atom. The summed E-state index contributed by atoms with van der Waals surface area (Å²) in [5, 5.41) is 0. The van der Waals surface area contributed by atoms with Crippen molar-refractivity contribution in [2.45, 2.75) is 39.7 Å². The molecule has 0 spiro atoms. The van der Waals surface area contributed by atoms with E-state index in [0.29, 0.717) is 19.4 Å². The van der Waals surface area contributed by atoms with Crippen molar-refractivity contribution in [1.82, 2.24) is 9.55 Å². The van der Waals surface area contributed by atoms with Crippen LogP contribution >= 0.6 is 15.9 Å². The fraction of sp³-hybridized carbons (Fsp3) is 0.389. The van der Waals surface area contributed by atoms with Crippen LogP contribution in [0.4, 0.5) is 15.9 Å². The molecule has 0 atom stereocenters. The first-order chi connectivity index (χ1) is 12.8. The van der Waals surface area contributed by atoms with E-state index < -0.39 is 23.0 Å². The molecule has 9 heteroatoms. The van der Waals surface area contributed by atoms with E-state index in [2.05, 4.69) is 20.9 Å². The topological polar surface area (TPSA) is 101 Å². The SMILES string of the molecule is CCCCN(C(=O)c1ccc(F)cc1Br)c1c(N)n(CCC)c(=O)[nH]c1=O. The van der Waals surface area contributed by atoms with Gasteiger partial charge in [0.2, 0.25) is 0 Å². The summed E-state index contributed by atoms with van der Waals surface area (Å²) in [5.74, 6) is -1.06. The van der Waals surface area contributed by atoms with Crippen LogP contribution in [0.2, 0.25) is 0 Å². The number of carbonyl (C=O) groups is 1. The van der Waals surface area contributed by atoms with Crippen LogP contribution in [0.15, 0.2) is 32.3 Å². The molecule has 27 heavy (non-hydrogen) atoms. The largest absolute Gasteiger partial charge is 0.383 e.